The van der Waals surface area contributed by atoms with Crippen LogP contribution >= 0.6 is 0 Å². The SMILES string of the molecule is C[CH2][Zn]([CH2]C)([CH2]C)[CH2]C.[CaH2]. The normalized spacial score (nSPS) is 9.20. The fourth-order valence-corrected chi connectivity index (χ4v) is 11.0. The molecule has 0 aromatic rings. The maximum absolute atomic E-state index is 2.40. The van der Waals surface area contributed by atoms with Gasteiger partial charge < -0.3 is 0 Å². The van der Waals surface area contributed by atoms with Crippen LogP contribution in [0.4, 0.5) is 0 Å². The van der Waals surface area contributed by atoms with Crippen LogP contribution in [-0.4, -0.2) is 37.7 Å². The quantitative estimate of drug-likeness (QED) is 0.643. The van der Waals surface area contributed by atoms with Crippen molar-refractivity contribution in [2.75, 3.05) is 0 Å². The summed E-state index contributed by atoms with van der Waals surface area (Å²) >= 11 is -1.47. The summed E-state index contributed by atoms with van der Waals surface area (Å²) in [6.45, 7) is 9.60. The molecule has 0 aromatic carbocycles. The van der Waals surface area contributed by atoms with Crippen LogP contribution in [0.5, 0.6) is 0 Å². The Labute approximate surface area is 99.0 Å². The molecule has 0 spiro atoms. The number of hydrogen-bond donors (Lipinski definition) is 0. The van der Waals surface area contributed by atoms with Gasteiger partial charge >= 0.3 is 100 Å². The van der Waals surface area contributed by atoms with Crippen LogP contribution in [0.25, 0.3) is 0 Å². The molecule has 0 aliphatic rings. The first-order valence-corrected chi connectivity index (χ1v) is 13.2. The van der Waals surface area contributed by atoms with Crippen molar-refractivity contribution in [2.24, 2.45) is 0 Å². The molecule has 0 aromatic heterocycles. The van der Waals surface area contributed by atoms with E-state index in [4.69, 9.17) is 0 Å². The summed E-state index contributed by atoms with van der Waals surface area (Å²) in [4.78, 5) is 0. The predicted molar refractivity (Wildman–Crippen MR) is 50.5 cm³/mol. The van der Waals surface area contributed by atoms with Crippen molar-refractivity contribution in [3.8, 4) is 0 Å². The molecule has 0 aliphatic carbocycles. The molecule has 0 heterocycles. The van der Waals surface area contributed by atoms with Gasteiger partial charge in [0.1, 0.15) is 0 Å². The molecule has 0 fully saturated rings. The minimum atomic E-state index is -1.47. The van der Waals surface area contributed by atoms with Gasteiger partial charge in [-0.1, -0.05) is 0 Å². The maximum atomic E-state index is 2.40. The Morgan fingerprint density at radius 1 is 0.700 bits per heavy atom. The molecule has 0 saturated heterocycles. The Bertz CT molecular complexity index is 52.1. The van der Waals surface area contributed by atoms with Crippen LogP contribution in [0.3, 0.4) is 0 Å². The van der Waals surface area contributed by atoms with Crippen molar-refractivity contribution in [2.45, 2.75) is 47.8 Å². The summed E-state index contributed by atoms with van der Waals surface area (Å²) in [6, 6.07) is 0. The van der Waals surface area contributed by atoms with E-state index < -0.39 is 14.8 Å². The van der Waals surface area contributed by atoms with Crippen molar-refractivity contribution in [3.63, 3.8) is 0 Å². The molecule has 0 rings (SSSR count). The zero-order chi connectivity index (χ0) is 7.33. The van der Waals surface area contributed by atoms with Gasteiger partial charge in [0.2, 0.25) is 0 Å². The third-order valence-electron chi connectivity index (χ3n) is 4.24. The van der Waals surface area contributed by atoms with Gasteiger partial charge in [-0.15, -0.1) is 0 Å². The van der Waals surface area contributed by atoms with E-state index in [1.807, 2.05) is 0 Å². The fourth-order valence-electron chi connectivity index (χ4n) is 2.12. The van der Waals surface area contributed by atoms with Crippen molar-refractivity contribution in [3.05, 3.63) is 0 Å². The van der Waals surface area contributed by atoms with Gasteiger partial charge in [0.15, 0.2) is 0 Å². The summed E-state index contributed by atoms with van der Waals surface area (Å²) < 4.78 is 0. The van der Waals surface area contributed by atoms with Crippen LogP contribution in [0.15, 0.2) is 0 Å². The Balaban J connectivity index is 0. The zero-order valence-electron chi connectivity index (χ0n) is 7.54. The second kappa shape index (κ2) is 7.53. The molecular weight excluding hydrogens is 202 g/mol. The van der Waals surface area contributed by atoms with E-state index in [2.05, 4.69) is 27.7 Å². The van der Waals surface area contributed by atoms with E-state index >= 15 is 0 Å². The molecule has 2 heteroatoms. The van der Waals surface area contributed by atoms with Gasteiger partial charge in [-0.05, 0) is 0 Å². The van der Waals surface area contributed by atoms with Crippen molar-refractivity contribution in [1.29, 1.82) is 0 Å². The van der Waals surface area contributed by atoms with E-state index in [1.165, 1.54) is 0 Å². The monoisotopic (exact) mass is 222 g/mol. The van der Waals surface area contributed by atoms with Crippen molar-refractivity contribution in [1.82, 2.24) is 0 Å². The second-order valence-corrected chi connectivity index (χ2v) is 21.4. The van der Waals surface area contributed by atoms with Crippen molar-refractivity contribution >= 4 is 37.7 Å². The zero-order valence-corrected chi connectivity index (χ0v) is 10.5. The van der Waals surface area contributed by atoms with Crippen LogP contribution in [0.2, 0.25) is 20.1 Å². The Morgan fingerprint density at radius 3 is 0.900 bits per heavy atom. The molecule has 0 atom stereocenters. The Kier molecular flexibility index (Phi) is 10.8. The second-order valence-electron chi connectivity index (χ2n) is 4.12. The molecule has 0 saturated carbocycles. The summed E-state index contributed by atoms with van der Waals surface area (Å²) in [7, 11) is 0. The van der Waals surface area contributed by atoms with Crippen LogP contribution in [0, 0.1) is 0 Å². The first-order chi connectivity index (χ1) is 4.24. The number of rotatable bonds is 4. The summed E-state index contributed by atoms with van der Waals surface area (Å²) in [6.07, 6.45) is 0. The summed E-state index contributed by atoms with van der Waals surface area (Å²) in [5.41, 5.74) is 0. The van der Waals surface area contributed by atoms with Crippen LogP contribution < -0.4 is 0 Å². The molecule has 0 unspecified atom stereocenters. The average Bonchev–Trinajstić information content (AvgIpc) is 1.95. The van der Waals surface area contributed by atoms with Gasteiger partial charge in [-0.2, -0.15) is 0 Å². The number of hydrogen-bond acceptors (Lipinski definition) is 0. The molecule has 10 heavy (non-hydrogen) atoms. The van der Waals surface area contributed by atoms with E-state index in [9.17, 15) is 0 Å². The third-order valence-corrected chi connectivity index (χ3v) is 22.0. The first kappa shape index (κ1) is 14.4. The molecule has 58 valence electrons. The van der Waals surface area contributed by atoms with Gasteiger partial charge in [-0.3, -0.25) is 0 Å². The molecule has 0 N–H and O–H groups in total. The first-order valence-electron chi connectivity index (χ1n) is 4.83. The van der Waals surface area contributed by atoms with Gasteiger partial charge in [-0.25, -0.2) is 0 Å². The molecular formula is C8H22CaZn. The third kappa shape index (κ3) is 4.05. The fraction of sp³-hybridized carbons (Fsp3) is 1.00. The van der Waals surface area contributed by atoms with E-state index in [0.29, 0.717) is 0 Å². The van der Waals surface area contributed by atoms with Crippen molar-refractivity contribution < 1.29 is 14.8 Å². The molecule has 0 nitrogen and oxygen atoms in total. The Morgan fingerprint density at radius 2 is 0.900 bits per heavy atom. The average molecular weight is 224 g/mol. The van der Waals surface area contributed by atoms with Crippen LogP contribution in [0.1, 0.15) is 27.7 Å². The van der Waals surface area contributed by atoms with Crippen LogP contribution in [-0.2, 0) is 14.8 Å². The van der Waals surface area contributed by atoms with Gasteiger partial charge in [0.25, 0.3) is 0 Å². The molecule has 0 amide bonds. The topological polar surface area (TPSA) is 0 Å². The summed E-state index contributed by atoms with van der Waals surface area (Å²) in [5.74, 6) is 0. The standard InChI is InChI=1S/4C2H5.Ca.Zn.2H/c4*1-2;;;;/h4*1H2,2H3;;;;. The minimum absolute atomic E-state index is 0. The predicted octanol–water partition coefficient (Wildman–Crippen LogP) is 2.98. The molecule has 0 bridgehead atoms. The van der Waals surface area contributed by atoms with E-state index in [0.717, 1.165) is 0 Å². The summed E-state index contributed by atoms with van der Waals surface area (Å²) in [5, 5.41) is 6.25. The van der Waals surface area contributed by atoms with E-state index in [1.54, 1.807) is 20.1 Å². The van der Waals surface area contributed by atoms with Gasteiger partial charge in [0.05, 0.1) is 0 Å². The van der Waals surface area contributed by atoms with E-state index in [-0.39, 0.29) is 37.7 Å². The molecule has 0 radical (unpaired) electrons. The Hall–Kier alpha value is 1.88. The molecule has 0 aliphatic heterocycles. The van der Waals surface area contributed by atoms with Gasteiger partial charge in [0, 0.05) is 0 Å².